The second-order valence-electron chi connectivity index (χ2n) is 4.06. The van der Waals surface area contributed by atoms with Gasteiger partial charge in [0, 0.05) is 20.1 Å². The molecule has 0 spiro atoms. The van der Waals surface area contributed by atoms with Crippen molar-refractivity contribution in [3.8, 4) is 0 Å². The highest BCUT2D eigenvalue weighted by molar-refractivity contribution is 5.51. The highest BCUT2D eigenvalue weighted by Gasteiger charge is 2.32. The zero-order valence-corrected chi connectivity index (χ0v) is 11.0. The first-order valence-corrected chi connectivity index (χ1v) is 6.05. The van der Waals surface area contributed by atoms with Crippen molar-refractivity contribution in [2.75, 3.05) is 37.0 Å². The normalized spacial score (nSPS) is 11.5. The van der Waals surface area contributed by atoms with E-state index < -0.39 is 11.7 Å². The highest BCUT2D eigenvalue weighted by Crippen LogP contribution is 2.32. The molecule has 0 aliphatic rings. The zero-order valence-electron chi connectivity index (χ0n) is 11.0. The van der Waals surface area contributed by atoms with Crippen molar-refractivity contribution >= 4 is 11.6 Å². The Bertz CT molecular complexity index is 404. The Hall–Kier alpha value is -1.50. The number of pyridine rings is 1. The lowest BCUT2D eigenvalue weighted by Crippen LogP contribution is -2.28. The Morgan fingerprint density at radius 2 is 2.00 bits per heavy atom. The second-order valence-corrected chi connectivity index (χ2v) is 4.06. The third-order valence-electron chi connectivity index (χ3n) is 2.58. The van der Waals surface area contributed by atoms with E-state index in [1.54, 1.807) is 4.90 Å². The molecular weight excluding hydrogens is 259 g/mol. The number of aliphatic hydroxyl groups is 1. The van der Waals surface area contributed by atoms with Crippen LogP contribution in [-0.2, 0) is 6.18 Å². The number of hydrogen-bond acceptors (Lipinski definition) is 4. The highest BCUT2D eigenvalue weighted by atomic mass is 19.4. The van der Waals surface area contributed by atoms with Crippen LogP contribution in [0, 0.1) is 0 Å². The number of halogens is 3. The standard InChI is InChI=1S/C12H18F3N3O/c1-3-4-18(5-6-19)11-8-9(12(13,14)15)7-10(16-2)17-11/h7-8,19H,3-6H2,1-2H3,(H,16,17). The summed E-state index contributed by atoms with van der Waals surface area (Å²) in [5, 5.41) is 11.6. The second kappa shape index (κ2) is 6.60. The third kappa shape index (κ3) is 4.27. The number of nitrogens with zero attached hydrogens (tertiary/aromatic N) is 2. The molecule has 0 aliphatic heterocycles. The van der Waals surface area contributed by atoms with E-state index in [1.165, 1.54) is 7.05 Å². The molecule has 19 heavy (non-hydrogen) atoms. The topological polar surface area (TPSA) is 48.4 Å². The van der Waals surface area contributed by atoms with Gasteiger partial charge in [-0.15, -0.1) is 0 Å². The molecule has 0 unspecified atom stereocenters. The molecule has 0 bridgehead atoms. The molecular formula is C12H18F3N3O. The fourth-order valence-corrected chi connectivity index (χ4v) is 1.70. The van der Waals surface area contributed by atoms with Gasteiger partial charge in [0.25, 0.3) is 0 Å². The summed E-state index contributed by atoms with van der Waals surface area (Å²) in [4.78, 5) is 5.74. The van der Waals surface area contributed by atoms with Gasteiger partial charge in [0.1, 0.15) is 11.6 Å². The summed E-state index contributed by atoms with van der Waals surface area (Å²) in [6.45, 7) is 2.58. The number of rotatable bonds is 6. The lowest BCUT2D eigenvalue weighted by atomic mass is 10.2. The molecule has 0 atom stereocenters. The molecule has 0 aromatic carbocycles. The van der Waals surface area contributed by atoms with Crippen molar-refractivity contribution in [2.45, 2.75) is 19.5 Å². The van der Waals surface area contributed by atoms with Gasteiger partial charge in [-0.1, -0.05) is 6.92 Å². The molecule has 1 aromatic heterocycles. The molecule has 4 nitrogen and oxygen atoms in total. The van der Waals surface area contributed by atoms with E-state index in [9.17, 15) is 13.2 Å². The van der Waals surface area contributed by atoms with Crippen molar-refractivity contribution in [3.63, 3.8) is 0 Å². The minimum Gasteiger partial charge on any atom is -0.395 e. The molecule has 108 valence electrons. The number of anilines is 2. The van der Waals surface area contributed by atoms with Crippen molar-refractivity contribution in [1.29, 1.82) is 0 Å². The molecule has 0 aliphatic carbocycles. The first kappa shape index (κ1) is 15.6. The van der Waals surface area contributed by atoms with Gasteiger partial charge in [0.05, 0.1) is 12.2 Å². The van der Waals surface area contributed by atoms with Crippen LogP contribution in [0.1, 0.15) is 18.9 Å². The summed E-state index contributed by atoms with van der Waals surface area (Å²) in [6.07, 6.45) is -3.66. The monoisotopic (exact) mass is 277 g/mol. The Labute approximate surface area is 110 Å². The van der Waals surface area contributed by atoms with Crippen LogP contribution in [-0.4, -0.2) is 36.8 Å². The molecule has 0 saturated carbocycles. The van der Waals surface area contributed by atoms with Crippen molar-refractivity contribution < 1.29 is 18.3 Å². The summed E-state index contributed by atoms with van der Waals surface area (Å²) in [5.74, 6) is 0.374. The van der Waals surface area contributed by atoms with E-state index in [0.717, 1.165) is 18.6 Å². The maximum absolute atomic E-state index is 12.8. The van der Waals surface area contributed by atoms with E-state index in [4.69, 9.17) is 5.11 Å². The number of aliphatic hydroxyl groups excluding tert-OH is 1. The van der Waals surface area contributed by atoms with Crippen LogP contribution in [0.25, 0.3) is 0 Å². The maximum Gasteiger partial charge on any atom is 0.416 e. The number of alkyl halides is 3. The van der Waals surface area contributed by atoms with Crippen LogP contribution in [0.3, 0.4) is 0 Å². The van der Waals surface area contributed by atoms with Crippen LogP contribution < -0.4 is 10.2 Å². The lowest BCUT2D eigenvalue weighted by Gasteiger charge is -2.23. The first-order chi connectivity index (χ1) is 8.92. The number of hydrogen-bond donors (Lipinski definition) is 2. The molecule has 1 aromatic rings. The predicted octanol–water partition coefficient (Wildman–Crippen LogP) is 2.35. The van der Waals surface area contributed by atoms with Crippen molar-refractivity contribution in [2.24, 2.45) is 0 Å². The number of aromatic nitrogens is 1. The zero-order chi connectivity index (χ0) is 14.5. The summed E-state index contributed by atoms with van der Waals surface area (Å²) >= 11 is 0. The van der Waals surface area contributed by atoms with Gasteiger partial charge in [0.2, 0.25) is 0 Å². The fourth-order valence-electron chi connectivity index (χ4n) is 1.70. The fraction of sp³-hybridized carbons (Fsp3) is 0.583. The van der Waals surface area contributed by atoms with Gasteiger partial charge >= 0.3 is 6.18 Å². The Morgan fingerprint density at radius 1 is 1.32 bits per heavy atom. The average molecular weight is 277 g/mol. The van der Waals surface area contributed by atoms with E-state index >= 15 is 0 Å². The van der Waals surface area contributed by atoms with Crippen LogP contribution in [0.4, 0.5) is 24.8 Å². The van der Waals surface area contributed by atoms with E-state index in [-0.39, 0.29) is 24.8 Å². The van der Waals surface area contributed by atoms with Gasteiger partial charge in [-0.3, -0.25) is 0 Å². The van der Waals surface area contributed by atoms with E-state index in [1.807, 2.05) is 6.92 Å². The minimum atomic E-state index is -4.42. The van der Waals surface area contributed by atoms with Gasteiger partial charge in [0.15, 0.2) is 0 Å². The third-order valence-corrected chi connectivity index (χ3v) is 2.58. The molecule has 0 radical (unpaired) electrons. The Morgan fingerprint density at radius 3 is 2.47 bits per heavy atom. The largest absolute Gasteiger partial charge is 0.416 e. The van der Waals surface area contributed by atoms with E-state index in [2.05, 4.69) is 10.3 Å². The van der Waals surface area contributed by atoms with Gasteiger partial charge in [-0.05, 0) is 18.6 Å². The summed E-state index contributed by atoms with van der Waals surface area (Å²) in [6, 6.07) is 1.97. The van der Waals surface area contributed by atoms with E-state index in [0.29, 0.717) is 6.54 Å². The predicted molar refractivity (Wildman–Crippen MR) is 68.4 cm³/mol. The Kier molecular flexibility index (Phi) is 5.41. The smallest absolute Gasteiger partial charge is 0.395 e. The summed E-state index contributed by atoms with van der Waals surface area (Å²) in [5.41, 5.74) is -0.749. The molecule has 0 amide bonds. The van der Waals surface area contributed by atoms with Gasteiger partial charge in [-0.25, -0.2) is 4.98 Å². The van der Waals surface area contributed by atoms with Crippen LogP contribution in [0.5, 0.6) is 0 Å². The molecule has 1 heterocycles. The molecule has 0 saturated heterocycles. The molecule has 1 rings (SSSR count). The van der Waals surface area contributed by atoms with Gasteiger partial charge in [-0.2, -0.15) is 13.2 Å². The van der Waals surface area contributed by atoms with Crippen LogP contribution in [0.2, 0.25) is 0 Å². The molecule has 7 heteroatoms. The maximum atomic E-state index is 12.8. The quantitative estimate of drug-likeness (QED) is 0.838. The van der Waals surface area contributed by atoms with Crippen molar-refractivity contribution in [3.05, 3.63) is 17.7 Å². The number of nitrogens with one attached hydrogen (secondary N) is 1. The molecule has 2 N–H and O–H groups in total. The summed E-state index contributed by atoms with van der Waals surface area (Å²) in [7, 11) is 1.52. The minimum absolute atomic E-state index is 0.132. The lowest BCUT2D eigenvalue weighted by molar-refractivity contribution is -0.137. The SMILES string of the molecule is CCCN(CCO)c1cc(C(F)(F)F)cc(NC)n1. The first-order valence-electron chi connectivity index (χ1n) is 6.05. The van der Waals surface area contributed by atoms with Crippen LogP contribution >= 0.6 is 0 Å². The average Bonchev–Trinajstić information content (AvgIpc) is 2.37. The van der Waals surface area contributed by atoms with Gasteiger partial charge < -0.3 is 15.3 Å². The van der Waals surface area contributed by atoms with Crippen molar-refractivity contribution in [1.82, 2.24) is 4.98 Å². The molecule has 0 fully saturated rings. The Balaban J connectivity index is 3.17. The summed E-state index contributed by atoms with van der Waals surface area (Å²) < 4.78 is 38.4. The van der Waals surface area contributed by atoms with Crippen LogP contribution in [0.15, 0.2) is 12.1 Å².